The first-order valence-corrected chi connectivity index (χ1v) is 3.65. The predicted molar refractivity (Wildman–Crippen MR) is 45.6 cm³/mol. The van der Waals surface area contributed by atoms with Crippen molar-refractivity contribution in [3.8, 4) is 0 Å². The van der Waals surface area contributed by atoms with Crippen molar-refractivity contribution in [2.24, 2.45) is 11.5 Å². The van der Waals surface area contributed by atoms with E-state index < -0.39 is 0 Å². The van der Waals surface area contributed by atoms with Gasteiger partial charge in [0.2, 0.25) is 0 Å². The molecule has 1 atom stereocenters. The molecule has 12 heavy (non-hydrogen) atoms. The van der Waals surface area contributed by atoms with Gasteiger partial charge in [0.25, 0.3) is 0 Å². The molecule has 1 aromatic rings. The van der Waals surface area contributed by atoms with E-state index in [0.717, 1.165) is 0 Å². The summed E-state index contributed by atoms with van der Waals surface area (Å²) in [4.78, 5) is 14.3. The Labute approximate surface area is 70.6 Å². The maximum Gasteiger partial charge on any atom is 0.168 e. The van der Waals surface area contributed by atoms with Crippen LogP contribution in [0, 0.1) is 0 Å². The highest BCUT2D eigenvalue weighted by molar-refractivity contribution is 5.71. The third-order valence-corrected chi connectivity index (χ3v) is 1.55. The molecular weight excluding hydrogens is 154 g/mol. The Kier molecular flexibility index (Phi) is 2.90. The van der Waals surface area contributed by atoms with Crippen LogP contribution in [0.3, 0.4) is 0 Å². The smallest absolute Gasteiger partial charge is 0.168 e. The van der Waals surface area contributed by atoms with E-state index in [9.17, 15) is 4.79 Å². The molecule has 0 aliphatic carbocycles. The Morgan fingerprint density at radius 1 is 1.58 bits per heavy atom. The Balaban J connectivity index is 2.93. The van der Waals surface area contributed by atoms with E-state index in [1.165, 1.54) is 0 Å². The quantitative estimate of drug-likeness (QED) is 0.610. The molecule has 4 nitrogen and oxygen atoms in total. The third kappa shape index (κ3) is 1.87. The van der Waals surface area contributed by atoms with Crippen LogP contribution in [0.2, 0.25) is 0 Å². The fourth-order valence-electron chi connectivity index (χ4n) is 0.862. The molecule has 0 aliphatic heterocycles. The molecule has 1 unspecified atom stereocenters. The molecule has 0 radical (unpaired) electrons. The Morgan fingerprint density at radius 3 is 2.92 bits per heavy atom. The molecule has 0 spiro atoms. The molecule has 1 heterocycles. The van der Waals surface area contributed by atoms with Gasteiger partial charge in [-0.05, 0) is 12.1 Å². The number of aromatic nitrogens is 1. The van der Waals surface area contributed by atoms with E-state index in [-0.39, 0.29) is 6.04 Å². The van der Waals surface area contributed by atoms with Gasteiger partial charge >= 0.3 is 0 Å². The van der Waals surface area contributed by atoms with Gasteiger partial charge in [0.1, 0.15) is 5.69 Å². The Hall–Kier alpha value is -1.26. The second-order valence-electron chi connectivity index (χ2n) is 2.45. The fourth-order valence-corrected chi connectivity index (χ4v) is 0.862. The van der Waals surface area contributed by atoms with Crippen molar-refractivity contribution in [2.75, 3.05) is 6.54 Å². The van der Waals surface area contributed by atoms with Crippen molar-refractivity contribution in [3.63, 3.8) is 0 Å². The molecule has 0 aliphatic rings. The van der Waals surface area contributed by atoms with Gasteiger partial charge in [0, 0.05) is 6.54 Å². The van der Waals surface area contributed by atoms with Crippen LogP contribution in [0.5, 0.6) is 0 Å². The summed E-state index contributed by atoms with van der Waals surface area (Å²) in [6.45, 7) is 0.329. The van der Waals surface area contributed by atoms with Crippen molar-refractivity contribution < 1.29 is 4.79 Å². The summed E-state index contributed by atoms with van der Waals surface area (Å²) in [6, 6.07) is 4.83. The van der Waals surface area contributed by atoms with E-state index in [1.54, 1.807) is 18.2 Å². The predicted octanol–water partition coefficient (Wildman–Crippen LogP) is -0.147. The van der Waals surface area contributed by atoms with Gasteiger partial charge in [-0.2, -0.15) is 0 Å². The molecule has 64 valence electrons. The van der Waals surface area contributed by atoms with Gasteiger partial charge in [0.15, 0.2) is 6.29 Å². The average molecular weight is 165 g/mol. The number of pyridine rings is 1. The van der Waals surface area contributed by atoms with Gasteiger partial charge in [-0.3, -0.25) is 4.79 Å². The lowest BCUT2D eigenvalue weighted by Gasteiger charge is -2.07. The van der Waals surface area contributed by atoms with Gasteiger partial charge in [-0.25, -0.2) is 4.98 Å². The maximum atomic E-state index is 10.3. The highest BCUT2D eigenvalue weighted by Crippen LogP contribution is 2.05. The van der Waals surface area contributed by atoms with Crippen LogP contribution in [0.4, 0.5) is 0 Å². The first-order valence-electron chi connectivity index (χ1n) is 3.65. The van der Waals surface area contributed by atoms with Gasteiger partial charge < -0.3 is 11.5 Å². The minimum absolute atomic E-state index is 0.287. The van der Waals surface area contributed by atoms with Crippen molar-refractivity contribution in [3.05, 3.63) is 29.6 Å². The van der Waals surface area contributed by atoms with Crippen molar-refractivity contribution in [1.29, 1.82) is 0 Å². The SMILES string of the molecule is NCC(N)c1cccc(C=O)n1. The summed E-state index contributed by atoms with van der Waals surface area (Å²) in [5.41, 5.74) is 12.0. The standard InChI is InChI=1S/C8H11N3O/c9-4-7(10)8-3-1-2-6(5-12)11-8/h1-3,5,7H,4,9-10H2. The molecule has 4 heteroatoms. The van der Waals surface area contributed by atoms with Gasteiger partial charge in [-0.15, -0.1) is 0 Å². The van der Waals surface area contributed by atoms with Crippen LogP contribution < -0.4 is 11.5 Å². The summed E-state index contributed by atoms with van der Waals surface area (Å²) in [7, 11) is 0. The second kappa shape index (κ2) is 3.94. The Morgan fingerprint density at radius 2 is 2.33 bits per heavy atom. The van der Waals surface area contributed by atoms with E-state index in [2.05, 4.69) is 4.98 Å². The van der Waals surface area contributed by atoms with Crippen LogP contribution in [0.25, 0.3) is 0 Å². The first-order chi connectivity index (χ1) is 5.77. The number of aldehydes is 1. The number of carbonyl (C=O) groups is 1. The topological polar surface area (TPSA) is 82.0 Å². The average Bonchev–Trinajstić information content (AvgIpc) is 2.17. The monoisotopic (exact) mass is 165 g/mol. The lowest BCUT2D eigenvalue weighted by molar-refractivity contribution is 0.111. The maximum absolute atomic E-state index is 10.3. The van der Waals surface area contributed by atoms with Crippen LogP contribution >= 0.6 is 0 Å². The second-order valence-corrected chi connectivity index (χ2v) is 2.45. The summed E-state index contributed by atoms with van der Waals surface area (Å²) in [5.74, 6) is 0. The molecule has 1 rings (SSSR count). The lowest BCUT2D eigenvalue weighted by Crippen LogP contribution is -2.22. The zero-order chi connectivity index (χ0) is 8.97. The summed E-state index contributed by atoms with van der Waals surface area (Å²) < 4.78 is 0. The molecule has 0 fully saturated rings. The minimum Gasteiger partial charge on any atom is -0.329 e. The van der Waals surface area contributed by atoms with Crippen molar-refractivity contribution in [2.45, 2.75) is 6.04 Å². The fraction of sp³-hybridized carbons (Fsp3) is 0.250. The highest BCUT2D eigenvalue weighted by Gasteiger charge is 2.04. The molecule has 4 N–H and O–H groups in total. The number of nitrogens with two attached hydrogens (primary N) is 2. The highest BCUT2D eigenvalue weighted by atomic mass is 16.1. The number of hydrogen-bond donors (Lipinski definition) is 2. The molecule has 0 amide bonds. The van der Waals surface area contributed by atoms with Crippen molar-refractivity contribution in [1.82, 2.24) is 4.98 Å². The van der Waals surface area contributed by atoms with Gasteiger partial charge in [0.05, 0.1) is 11.7 Å². The molecule has 0 saturated carbocycles. The van der Waals surface area contributed by atoms with E-state index >= 15 is 0 Å². The normalized spacial score (nSPS) is 12.5. The molecular formula is C8H11N3O. The van der Waals surface area contributed by atoms with E-state index in [0.29, 0.717) is 24.2 Å². The number of nitrogens with zero attached hydrogens (tertiary/aromatic N) is 1. The molecule has 0 aromatic carbocycles. The number of carbonyl (C=O) groups excluding carboxylic acids is 1. The Bertz CT molecular complexity index is 275. The molecule has 0 saturated heterocycles. The van der Waals surface area contributed by atoms with Crippen LogP contribution in [-0.2, 0) is 0 Å². The van der Waals surface area contributed by atoms with Crippen LogP contribution in [0.1, 0.15) is 22.2 Å². The van der Waals surface area contributed by atoms with E-state index in [4.69, 9.17) is 11.5 Å². The zero-order valence-corrected chi connectivity index (χ0v) is 6.60. The summed E-state index contributed by atoms with van der Waals surface area (Å²) in [6.07, 6.45) is 0.687. The molecule has 0 bridgehead atoms. The largest absolute Gasteiger partial charge is 0.329 e. The summed E-state index contributed by atoms with van der Waals surface area (Å²) >= 11 is 0. The molecule has 1 aromatic heterocycles. The zero-order valence-electron chi connectivity index (χ0n) is 6.60. The summed E-state index contributed by atoms with van der Waals surface area (Å²) in [5, 5.41) is 0. The lowest BCUT2D eigenvalue weighted by atomic mass is 10.2. The number of hydrogen-bond acceptors (Lipinski definition) is 4. The van der Waals surface area contributed by atoms with E-state index in [1.807, 2.05) is 0 Å². The van der Waals surface area contributed by atoms with Gasteiger partial charge in [-0.1, -0.05) is 6.07 Å². The van der Waals surface area contributed by atoms with Crippen LogP contribution in [0.15, 0.2) is 18.2 Å². The minimum atomic E-state index is -0.287. The third-order valence-electron chi connectivity index (χ3n) is 1.55. The van der Waals surface area contributed by atoms with Crippen molar-refractivity contribution >= 4 is 6.29 Å². The first kappa shape index (κ1) is 8.83. The number of rotatable bonds is 3. The van der Waals surface area contributed by atoms with Crippen LogP contribution in [-0.4, -0.2) is 17.8 Å².